The molecule has 0 aromatic carbocycles. The minimum Gasteiger partial charge on any atom is -0.756 e. The summed E-state index contributed by atoms with van der Waals surface area (Å²) in [6.45, 7) is 4.61. The van der Waals surface area contributed by atoms with Crippen molar-refractivity contribution >= 4 is 13.7 Å². The van der Waals surface area contributed by atoms with E-state index in [-0.39, 0.29) is 12.5 Å². The maximum absolute atomic E-state index is 12.8. The zero-order valence-corrected chi connectivity index (χ0v) is 36.8. The number of aliphatic hydroxyl groups excluding tert-OH is 1. The first kappa shape index (κ1) is 52.7. The van der Waals surface area contributed by atoms with E-state index in [9.17, 15) is 19.4 Å². The Bertz CT molecular complexity index is 980. The van der Waals surface area contributed by atoms with Gasteiger partial charge in [-0.25, -0.2) is 0 Å². The lowest BCUT2D eigenvalue weighted by Crippen LogP contribution is -2.45. The van der Waals surface area contributed by atoms with Crippen molar-refractivity contribution in [3.8, 4) is 0 Å². The minimum atomic E-state index is -4.59. The van der Waals surface area contributed by atoms with E-state index in [0.29, 0.717) is 17.4 Å². The monoisotopic (exact) mass is 783 g/mol. The molecule has 0 aliphatic rings. The Morgan fingerprint density at radius 2 is 1.04 bits per heavy atom. The minimum absolute atomic E-state index is 0.00792. The lowest BCUT2D eigenvalue weighted by molar-refractivity contribution is -0.870. The number of unbranched alkanes of at least 4 members (excludes halogenated alkanes) is 23. The van der Waals surface area contributed by atoms with Gasteiger partial charge < -0.3 is 28.8 Å². The van der Waals surface area contributed by atoms with Crippen molar-refractivity contribution in [1.82, 2.24) is 5.32 Å². The Labute approximate surface area is 334 Å². The lowest BCUT2D eigenvalue weighted by Gasteiger charge is -2.29. The Morgan fingerprint density at radius 3 is 1.50 bits per heavy atom. The van der Waals surface area contributed by atoms with E-state index < -0.39 is 26.6 Å². The molecule has 318 valence electrons. The zero-order chi connectivity index (χ0) is 40.0. The van der Waals surface area contributed by atoms with E-state index in [0.717, 1.165) is 51.4 Å². The number of likely N-dealkylation sites (N-methyl/N-ethyl adjacent to an activating group) is 1. The average molecular weight is 783 g/mol. The Hall–Kier alpha value is -1.28. The Balaban J connectivity index is 4.50. The number of carbonyl (C=O) groups excluding carboxylic acids is 1. The van der Waals surface area contributed by atoms with Gasteiger partial charge in [-0.05, 0) is 57.8 Å². The van der Waals surface area contributed by atoms with Crippen LogP contribution in [0.15, 0.2) is 36.5 Å². The third-order valence-corrected chi connectivity index (χ3v) is 10.8. The first-order valence-electron chi connectivity index (χ1n) is 22.4. The molecule has 0 aromatic rings. The number of hydrogen-bond donors (Lipinski definition) is 2. The summed E-state index contributed by atoms with van der Waals surface area (Å²) < 4.78 is 23.2. The molecular formula is C45H87N2O6P. The number of hydrogen-bond acceptors (Lipinski definition) is 6. The molecule has 0 aliphatic carbocycles. The van der Waals surface area contributed by atoms with Crippen molar-refractivity contribution in [1.29, 1.82) is 0 Å². The number of allylic oxidation sites excluding steroid dienone is 5. The van der Waals surface area contributed by atoms with Crippen LogP contribution in [0.3, 0.4) is 0 Å². The summed E-state index contributed by atoms with van der Waals surface area (Å²) in [6.07, 6.45) is 44.7. The molecule has 54 heavy (non-hydrogen) atoms. The maximum atomic E-state index is 12.8. The number of phosphoric acid groups is 1. The molecule has 1 unspecified atom stereocenters. The van der Waals surface area contributed by atoms with Gasteiger partial charge in [-0.3, -0.25) is 9.36 Å². The van der Waals surface area contributed by atoms with Crippen LogP contribution >= 0.6 is 7.82 Å². The number of phosphoric ester groups is 1. The van der Waals surface area contributed by atoms with Crippen molar-refractivity contribution in [2.45, 2.75) is 206 Å². The van der Waals surface area contributed by atoms with Gasteiger partial charge in [0.2, 0.25) is 5.91 Å². The van der Waals surface area contributed by atoms with Gasteiger partial charge in [0.25, 0.3) is 7.82 Å². The van der Waals surface area contributed by atoms with E-state index >= 15 is 0 Å². The van der Waals surface area contributed by atoms with E-state index in [4.69, 9.17) is 9.05 Å². The SMILES string of the molecule is CCCCCCCC/C=C/CCCCCCCC(=O)N[C@@H](COP(=O)([O-])OCC[N+](C)(C)C)[C@H](O)/C=C/CC/C=C/CCCCCCCCCCCCC. The first-order chi connectivity index (χ1) is 26.0. The van der Waals surface area contributed by atoms with Gasteiger partial charge in [-0.1, -0.05) is 166 Å². The van der Waals surface area contributed by atoms with Gasteiger partial charge in [0.15, 0.2) is 0 Å². The molecule has 0 fully saturated rings. The van der Waals surface area contributed by atoms with E-state index in [1.807, 2.05) is 27.2 Å². The number of nitrogens with one attached hydrogen (secondary N) is 1. The molecule has 0 radical (unpaired) electrons. The molecule has 0 bridgehead atoms. The van der Waals surface area contributed by atoms with Crippen LogP contribution in [0, 0.1) is 0 Å². The van der Waals surface area contributed by atoms with Crippen molar-refractivity contribution in [2.75, 3.05) is 40.9 Å². The molecule has 1 amide bonds. The first-order valence-corrected chi connectivity index (χ1v) is 23.8. The fraction of sp³-hybridized carbons (Fsp3) is 0.844. The van der Waals surface area contributed by atoms with Crippen LogP contribution in [0.2, 0.25) is 0 Å². The van der Waals surface area contributed by atoms with Crippen molar-refractivity contribution in [3.05, 3.63) is 36.5 Å². The largest absolute Gasteiger partial charge is 0.756 e. The highest BCUT2D eigenvalue weighted by Gasteiger charge is 2.23. The molecule has 0 aromatic heterocycles. The molecule has 3 atom stereocenters. The molecule has 0 saturated carbocycles. The number of quaternary nitrogens is 1. The molecule has 0 saturated heterocycles. The molecule has 8 nitrogen and oxygen atoms in total. The number of nitrogens with zero attached hydrogens (tertiary/aromatic N) is 1. The Kier molecular flexibility index (Phi) is 36.4. The van der Waals surface area contributed by atoms with Gasteiger partial charge in [-0.2, -0.15) is 0 Å². The van der Waals surface area contributed by atoms with Gasteiger partial charge >= 0.3 is 0 Å². The Morgan fingerprint density at radius 1 is 0.630 bits per heavy atom. The molecule has 2 N–H and O–H groups in total. The van der Waals surface area contributed by atoms with Gasteiger partial charge in [-0.15, -0.1) is 0 Å². The number of aliphatic hydroxyl groups is 1. The van der Waals surface area contributed by atoms with Gasteiger partial charge in [0.05, 0.1) is 39.9 Å². The standard InChI is InChI=1S/C45H87N2O6P/c1-6-8-10-12-14-16-18-20-22-23-25-26-28-30-32-34-36-38-44(48)43(42-53-54(50,51)52-41-40-47(3,4)5)46-45(49)39-37-35-33-31-29-27-24-21-19-17-15-13-11-9-7-2/h21,24,28,30,36,38,43-44,48H,6-20,22-23,25-27,29,31-35,37,39-42H2,1-5H3,(H-,46,49,50,51)/b24-21+,30-28+,38-36+/t43-,44+/m0/s1. The molecule has 0 rings (SSSR count). The smallest absolute Gasteiger partial charge is 0.268 e. The number of carbonyl (C=O) groups is 1. The lowest BCUT2D eigenvalue weighted by atomic mass is 10.1. The van der Waals surface area contributed by atoms with Crippen LogP contribution in [0.1, 0.15) is 194 Å². The van der Waals surface area contributed by atoms with Gasteiger partial charge in [0.1, 0.15) is 13.2 Å². The van der Waals surface area contributed by atoms with E-state index in [1.165, 1.54) is 122 Å². The van der Waals surface area contributed by atoms with Crippen molar-refractivity contribution in [3.63, 3.8) is 0 Å². The van der Waals surface area contributed by atoms with Crippen LogP contribution in [-0.4, -0.2) is 68.5 Å². The van der Waals surface area contributed by atoms with Crippen molar-refractivity contribution in [2.24, 2.45) is 0 Å². The molecule has 0 aliphatic heterocycles. The summed E-state index contributed by atoms with van der Waals surface area (Å²) in [5.41, 5.74) is 0. The van der Waals surface area contributed by atoms with Crippen LogP contribution < -0.4 is 10.2 Å². The predicted octanol–water partition coefficient (Wildman–Crippen LogP) is 11.7. The summed E-state index contributed by atoms with van der Waals surface area (Å²) >= 11 is 0. The molecule has 0 heterocycles. The van der Waals surface area contributed by atoms with Crippen LogP contribution in [-0.2, 0) is 18.4 Å². The highest BCUT2D eigenvalue weighted by atomic mass is 31.2. The summed E-state index contributed by atoms with van der Waals surface area (Å²) in [5.74, 6) is -0.217. The summed E-state index contributed by atoms with van der Waals surface area (Å²) in [7, 11) is 1.24. The summed E-state index contributed by atoms with van der Waals surface area (Å²) in [5, 5.41) is 13.7. The second-order valence-electron chi connectivity index (χ2n) is 16.4. The van der Waals surface area contributed by atoms with Crippen LogP contribution in [0.4, 0.5) is 0 Å². The van der Waals surface area contributed by atoms with Crippen LogP contribution in [0.25, 0.3) is 0 Å². The third-order valence-electron chi connectivity index (χ3n) is 9.82. The highest BCUT2D eigenvalue weighted by Crippen LogP contribution is 2.38. The second kappa shape index (κ2) is 37.3. The topological polar surface area (TPSA) is 108 Å². The molecular weight excluding hydrogens is 695 g/mol. The second-order valence-corrected chi connectivity index (χ2v) is 17.8. The summed E-state index contributed by atoms with van der Waals surface area (Å²) in [6, 6.07) is -0.905. The highest BCUT2D eigenvalue weighted by molar-refractivity contribution is 7.45. The van der Waals surface area contributed by atoms with E-state index in [1.54, 1.807) is 6.08 Å². The molecule has 9 heteroatoms. The normalized spacial score (nSPS) is 14.7. The predicted molar refractivity (Wildman–Crippen MR) is 228 cm³/mol. The van der Waals surface area contributed by atoms with Crippen LogP contribution in [0.5, 0.6) is 0 Å². The van der Waals surface area contributed by atoms with Crippen molar-refractivity contribution < 1.29 is 32.9 Å². The molecule has 0 spiro atoms. The average Bonchev–Trinajstić information content (AvgIpc) is 3.12. The quantitative estimate of drug-likeness (QED) is 0.0277. The van der Waals surface area contributed by atoms with Gasteiger partial charge in [0, 0.05) is 6.42 Å². The fourth-order valence-corrected chi connectivity index (χ4v) is 6.94. The number of amides is 1. The fourth-order valence-electron chi connectivity index (χ4n) is 6.22. The third kappa shape index (κ3) is 39.0. The zero-order valence-electron chi connectivity index (χ0n) is 35.9. The maximum Gasteiger partial charge on any atom is 0.268 e. The van der Waals surface area contributed by atoms with E-state index in [2.05, 4.69) is 43.5 Å². The summed E-state index contributed by atoms with van der Waals surface area (Å²) in [4.78, 5) is 25.3. The number of rotatable bonds is 40.